The maximum absolute atomic E-state index is 6.03. The number of aromatic nitrogens is 4. The van der Waals surface area contributed by atoms with Crippen molar-refractivity contribution in [2.24, 2.45) is 17.8 Å². The molecule has 0 saturated carbocycles. The highest BCUT2D eigenvalue weighted by atomic mass is 35.5. The topological polar surface area (TPSA) is 85.2 Å². The van der Waals surface area contributed by atoms with E-state index in [1.54, 1.807) is 12.1 Å². The smallest absolute Gasteiger partial charge is 0.244 e. The lowest BCUT2D eigenvalue weighted by atomic mass is 10.3. The number of pyridine rings is 1. The molecule has 0 aromatic carbocycles. The molecular formula is C16H22ClN7. The quantitative estimate of drug-likeness (QED) is 0.663. The summed E-state index contributed by atoms with van der Waals surface area (Å²) in [5.41, 5.74) is 6.77. The number of aliphatic imine (C=N–C) groups is 1. The number of nitrogens with two attached hydrogens (primary N) is 1. The van der Waals surface area contributed by atoms with Gasteiger partial charge in [0.25, 0.3) is 0 Å². The van der Waals surface area contributed by atoms with Crippen LogP contribution in [0.15, 0.2) is 17.1 Å². The Kier molecular flexibility index (Phi) is 4.99. The molecule has 24 heavy (non-hydrogen) atoms. The van der Waals surface area contributed by atoms with Crippen LogP contribution in [0.3, 0.4) is 0 Å². The lowest BCUT2D eigenvalue weighted by Crippen LogP contribution is -2.19. The van der Waals surface area contributed by atoms with Gasteiger partial charge < -0.3 is 10.6 Å². The minimum Gasteiger partial charge on any atom is -0.387 e. The van der Waals surface area contributed by atoms with Gasteiger partial charge in [-0.25, -0.2) is 9.98 Å². The first-order valence-electron chi connectivity index (χ1n) is 8.14. The predicted molar refractivity (Wildman–Crippen MR) is 96.0 cm³/mol. The van der Waals surface area contributed by atoms with Crippen LogP contribution in [0.5, 0.6) is 0 Å². The van der Waals surface area contributed by atoms with Crippen LogP contribution >= 0.6 is 11.6 Å². The molecular weight excluding hydrogens is 326 g/mol. The van der Waals surface area contributed by atoms with Gasteiger partial charge in [-0.1, -0.05) is 11.6 Å². The summed E-state index contributed by atoms with van der Waals surface area (Å²) in [4.78, 5) is 15.5. The largest absolute Gasteiger partial charge is 0.387 e. The molecule has 0 spiro atoms. The van der Waals surface area contributed by atoms with Crippen LogP contribution in [0, 0.1) is 6.92 Å². The first-order chi connectivity index (χ1) is 11.5. The fourth-order valence-corrected chi connectivity index (χ4v) is 2.81. The van der Waals surface area contributed by atoms with Crippen LogP contribution in [-0.4, -0.2) is 38.7 Å². The highest BCUT2D eigenvalue weighted by molar-refractivity contribution is 6.31. The van der Waals surface area contributed by atoms with Crippen LogP contribution < -0.4 is 10.6 Å². The molecule has 2 aromatic heterocycles. The third-order valence-corrected chi connectivity index (χ3v) is 4.50. The molecule has 128 valence electrons. The number of amidine groups is 1. The van der Waals surface area contributed by atoms with Crippen molar-refractivity contribution in [1.29, 1.82) is 0 Å². The summed E-state index contributed by atoms with van der Waals surface area (Å²) in [6, 6.07) is 3.54. The Morgan fingerprint density at radius 3 is 2.75 bits per heavy atom. The fraction of sp³-hybridized carbons (Fsp3) is 0.500. The van der Waals surface area contributed by atoms with Crippen LogP contribution in [0.2, 0.25) is 5.02 Å². The molecule has 3 rings (SSSR count). The highest BCUT2D eigenvalue weighted by Crippen LogP contribution is 2.18. The Labute approximate surface area is 146 Å². The number of halogens is 1. The van der Waals surface area contributed by atoms with Gasteiger partial charge in [0.05, 0.1) is 10.7 Å². The summed E-state index contributed by atoms with van der Waals surface area (Å²) >= 11 is 5.97. The van der Waals surface area contributed by atoms with E-state index in [2.05, 4.69) is 25.0 Å². The zero-order valence-corrected chi connectivity index (χ0v) is 14.8. The lowest BCUT2D eigenvalue weighted by Gasteiger charge is -2.10. The first kappa shape index (κ1) is 16.7. The Morgan fingerprint density at radius 1 is 1.29 bits per heavy atom. The lowest BCUT2D eigenvalue weighted by molar-refractivity contribution is 0.697. The van der Waals surface area contributed by atoms with Crippen molar-refractivity contribution in [2.75, 3.05) is 18.0 Å². The minimum absolute atomic E-state index is 0.523. The summed E-state index contributed by atoms with van der Waals surface area (Å²) in [7, 11) is 1.92. The second-order valence-electron chi connectivity index (χ2n) is 5.99. The Bertz CT molecular complexity index is 747. The number of rotatable bonds is 5. The first-order valence-corrected chi connectivity index (χ1v) is 8.52. The molecule has 0 aliphatic carbocycles. The van der Waals surface area contributed by atoms with Gasteiger partial charge in [-0.2, -0.15) is 4.98 Å². The zero-order chi connectivity index (χ0) is 17.1. The average molecular weight is 348 g/mol. The Morgan fingerprint density at radius 2 is 2.04 bits per heavy atom. The number of anilines is 1. The Hall–Kier alpha value is -2.15. The monoisotopic (exact) mass is 347 g/mol. The number of aryl methyl sites for hydroxylation is 3. The second kappa shape index (κ2) is 7.17. The van der Waals surface area contributed by atoms with E-state index in [1.807, 2.05) is 18.7 Å². The normalized spacial score (nSPS) is 15.3. The van der Waals surface area contributed by atoms with E-state index >= 15 is 0 Å². The van der Waals surface area contributed by atoms with Crippen molar-refractivity contribution in [3.05, 3.63) is 28.7 Å². The van der Waals surface area contributed by atoms with Crippen LogP contribution in [0.1, 0.15) is 30.8 Å². The number of hydrogen-bond acceptors (Lipinski definition) is 5. The number of hydrogen-bond donors (Lipinski definition) is 1. The maximum atomic E-state index is 6.03. The molecule has 2 aromatic rings. The molecule has 1 aliphatic heterocycles. The van der Waals surface area contributed by atoms with E-state index in [4.69, 9.17) is 17.3 Å². The SMILES string of the molecule is Cc1nc(N=C(N)CCc2nc(N3CCCC3)nn2C)ccc1Cl. The van der Waals surface area contributed by atoms with Gasteiger partial charge in [0.2, 0.25) is 5.95 Å². The Balaban J connectivity index is 1.64. The van der Waals surface area contributed by atoms with Crippen molar-refractivity contribution < 1.29 is 0 Å². The third-order valence-electron chi connectivity index (χ3n) is 4.10. The van der Waals surface area contributed by atoms with Crippen molar-refractivity contribution in [1.82, 2.24) is 19.7 Å². The molecule has 0 unspecified atom stereocenters. The maximum Gasteiger partial charge on any atom is 0.244 e. The van der Waals surface area contributed by atoms with Gasteiger partial charge in [-0.05, 0) is 31.9 Å². The molecule has 0 radical (unpaired) electrons. The summed E-state index contributed by atoms with van der Waals surface area (Å²) in [5, 5.41) is 5.13. The van der Waals surface area contributed by atoms with Crippen LogP contribution in [0.25, 0.3) is 0 Å². The van der Waals surface area contributed by atoms with E-state index in [0.29, 0.717) is 29.5 Å². The van der Waals surface area contributed by atoms with Crippen molar-refractivity contribution >= 4 is 29.2 Å². The zero-order valence-electron chi connectivity index (χ0n) is 14.0. The van der Waals surface area contributed by atoms with Gasteiger partial charge in [0.1, 0.15) is 11.7 Å². The van der Waals surface area contributed by atoms with E-state index < -0.39 is 0 Å². The summed E-state index contributed by atoms with van der Waals surface area (Å²) in [5.74, 6) is 2.82. The molecule has 0 bridgehead atoms. The molecule has 1 saturated heterocycles. The summed E-state index contributed by atoms with van der Waals surface area (Å²) in [6.45, 7) is 3.92. The standard InChI is InChI=1S/C16H22ClN7/c1-11-12(17)5-7-14(19-11)20-13(18)6-8-15-21-16(22-23(15)2)24-9-3-4-10-24/h5,7H,3-4,6,8-10H2,1-2H3,(H2,18,19,20). The predicted octanol–water partition coefficient (Wildman–Crippen LogP) is 2.39. The molecule has 0 amide bonds. The average Bonchev–Trinajstić information content (AvgIpc) is 3.18. The fourth-order valence-electron chi connectivity index (χ4n) is 2.71. The van der Waals surface area contributed by atoms with Crippen molar-refractivity contribution in [3.63, 3.8) is 0 Å². The molecule has 8 heteroatoms. The highest BCUT2D eigenvalue weighted by Gasteiger charge is 2.18. The van der Waals surface area contributed by atoms with Crippen LogP contribution in [0.4, 0.5) is 11.8 Å². The van der Waals surface area contributed by atoms with E-state index in [9.17, 15) is 0 Å². The van der Waals surface area contributed by atoms with Gasteiger partial charge in [0, 0.05) is 33.0 Å². The van der Waals surface area contributed by atoms with Crippen molar-refractivity contribution in [2.45, 2.75) is 32.6 Å². The molecule has 1 aliphatic rings. The van der Waals surface area contributed by atoms with Gasteiger partial charge in [-0.3, -0.25) is 4.68 Å². The van der Waals surface area contributed by atoms with E-state index in [-0.39, 0.29) is 0 Å². The minimum atomic E-state index is 0.523. The second-order valence-corrected chi connectivity index (χ2v) is 6.39. The number of nitrogens with zero attached hydrogens (tertiary/aromatic N) is 6. The van der Waals surface area contributed by atoms with Crippen molar-refractivity contribution in [3.8, 4) is 0 Å². The molecule has 7 nitrogen and oxygen atoms in total. The van der Waals surface area contributed by atoms with Gasteiger partial charge >= 0.3 is 0 Å². The van der Waals surface area contributed by atoms with E-state index in [1.165, 1.54) is 12.8 Å². The van der Waals surface area contributed by atoms with Gasteiger partial charge in [0.15, 0.2) is 5.82 Å². The summed E-state index contributed by atoms with van der Waals surface area (Å²) in [6.07, 6.45) is 3.72. The van der Waals surface area contributed by atoms with Gasteiger partial charge in [-0.15, -0.1) is 5.10 Å². The van der Waals surface area contributed by atoms with E-state index in [0.717, 1.165) is 30.6 Å². The molecule has 3 heterocycles. The molecule has 1 fully saturated rings. The van der Waals surface area contributed by atoms with Crippen LogP contribution in [-0.2, 0) is 13.5 Å². The molecule has 0 atom stereocenters. The molecule has 2 N–H and O–H groups in total. The summed E-state index contributed by atoms with van der Waals surface area (Å²) < 4.78 is 1.83. The third kappa shape index (κ3) is 3.84.